The van der Waals surface area contributed by atoms with Gasteiger partial charge in [-0.15, -0.1) is 11.3 Å². The fourth-order valence-electron chi connectivity index (χ4n) is 3.86. The molecule has 0 saturated carbocycles. The van der Waals surface area contributed by atoms with E-state index in [2.05, 4.69) is 10.8 Å². The minimum absolute atomic E-state index is 0.0456. The zero-order valence-electron chi connectivity index (χ0n) is 19.1. The number of methoxy groups -OCH3 is 1. The Bertz CT molecular complexity index is 1430. The van der Waals surface area contributed by atoms with Gasteiger partial charge in [0.05, 0.1) is 25.1 Å². The first-order valence-electron chi connectivity index (χ1n) is 10.6. The molecule has 2 heterocycles. The van der Waals surface area contributed by atoms with Crippen LogP contribution in [0.2, 0.25) is 0 Å². The molecule has 0 saturated heterocycles. The average Bonchev–Trinajstić information content (AvgIpc) is 3.27. The summed E-state index contributed by atoms with van der Waals surface area (Å²) in [7, 11) is 3.22. The quantitative estimate of drug-likeness (QED) is 0.328. The first-order valence-corrected chi connectivity index (χ1v) is 11.5. The van der Waals surface area contributed by atoms with Gasteiger partial charge in [0.15, 0.2) is 11.5 Å². The molecule has 2 aromatic carbocycles. The molecule has 4 rings (SSSR count). The molecule has 0 atom stereocenters. The minimum atomic E-state index is -2.95. The molecule has 0 aliphatic heterocycles. The zero-order valence-corrected chi connectivity index (χ0v) is 19.9. The highest BCUT2D eigenvalue weighted by molar-refractivity contribution is 7.17. The van der Waals surface area contributed by atoms with Crippen LogP contribution >= 0.6 is 11.3 Å². The summed E-state index contributed by atoms with van der Waals surface area (Å²) in [5.41, 5.74) is 2.26. The van der Waals surface area contributed by atoms with Gasteiger partial charge in [-0.1, -0.05) is 36.4 Å². The molecule has 0 unspecified atom stereocenters. The van der Waals surface area contributed by atoms with Gasteiger partial charge in [0.1, 0.15) is 17.2 Å². The predicted molar refractivity (Wildman–Crippen MR) is 130 cm³/mol. The summed E-state index contributed by atoms with van der Waals surface area (Å²) in [5, 5.41) is 11.8. The molecule has 10 heteroatoms. The highest BCUT2D eigenvalue weighted by Crippen LogP contribution is 2.32. The maximum Gasteiger partial charge on any atom is 0.387 e. The van der Waals surface area contributed by atoms with Crippen LogP contribution in [0, 0.1) is 11.3 Å². The summed E-state index contributed by atoms with van der Waals surface area (Å²) in [4.78, 5) is 20.7. The van der Waals surface area contributed by atoms with Crippen molar-refractivity contribution in [3.63, 3.8) is 0 Å². The molecular weight excluding hydrogens is 474 g/mol. The molecule has 0 aliphatic rings. The highest BCUT2D eigenvalue weighted by Gasteiger charge is 2.18. The van der Waals surface area contributed by atoms with E-state index in [1.54, 1.807) is 12.1 Å². The van der Waals surface area contributed by atoms with Crippen molar-refractivity contribution >= 4 is 21.6 Å². The van der Waals surface area contributed by atoms with Crippen molar-refractivity contribution in [1.29, 1.82) is 5.26 Å². The zero-order chi connectivity index (χ0) is 24.9. The van der Waals surface area contributed by atoms with Gasteiger partial charge in [-0.3, -0.25) is 14.3 Å². The summed E-state index contributed by atoms with van der Waals surface area (Å²) >= 11 is 1.39. The van der Waals surface area contributed by atoms with Gasteiger partial charge in [0, 0.05) is 17.5 Å². The summed E-state index contributed by atoms with van der Waals surface area (Å²) in [6.07, 6.45) is 0. The van der Waals surface area contributed by atoms with Crippen LogP contribution in [0.15, 0.2) is 58.7 Å². The summed E-state index contributed by atoms with van der Waals surface area (Å²) in [6, 6.07) is 16.4. The highest BCUT2D eigenvalue weighted by atomic mass is 32.1. The van der Waals surface area contributed by atoms with E-state index in [1.165, 1.54) is 29.1 Å². The molecule has 180 valence electrons. The molecule has 0 spiro atoms. The first kappa shape index (κ1) is 24.3. The van der Waals surface area contributed by atoms with Gasteiger partial charge in [-0.2, -0.15) is 14.0 Å². The monoisotopic (exact) mass is 496 g/mol. The normalized spacial score (nSPS) is 11.2. The molecule has 0 radical (unpaired) electrons. The second-order valence-electron chi connectivity index (χ2n) is 7.81. The van der Waals surface area contributed by atoms with Crippen molar-refractivity contribution in [2.75, 3.05) is 14.2 Å². The Morgan fingerprint density at radius 1 is 1.17 bits per heavy atom. The van der Waals surface area contributed by atoms with E-state index in [9.17, 15) is 18.8 Å². The van der Waals surface area contributed by atoms with E-state index in [4.69, 9.17) is 9.72 Å². The van der Waals surface area contributed by atoms with Gasteiger partial charge in [0.25, 0.3) is 5.56 Å². The molecule has 0 amide bonds. The Balaban J connectivity index is 1.63. The molecular formula is C25H22F2N4O3S. The van der Waals surface area contributed by atoms with Crippen molar-refractivity contribution in [3.8, 4) is 28.7 Å². The van der Waals surface area contributed by atoms with Crippen molar-refractivity contribution in [2.45, 2.75) is 26.2 Å². The van der Waals surface area contributed by atoms with Crippen LogP contribution < -0.4 is 15.0 Å². The average molecular weight is 497 g/mol. The van der Waals surface area contributed by atoms with Crippen LogP contribution in [-0.4, -0.2) is 35.2 Å². The summed E-state index contributed by atoms with van der Waals surface area (Å²) < 4.78 is 36.2. The van der Waals surface area contributed by atoms with Crippen LogP contribution in [0.3, 0.4) is 0 Å². The van der Waals surface area contributed by atoms with Crippen molar-refractivity contribution in [3.05, 3.63) is 75.7 Å². The van der Waals surface area contributed by atoms with Gasteiger partial charge in [-0.25, -0.2) is 4.98 Å². The van der Waals surface area contributed by atoms with Crippen LogP contribution in [0.1, 0.15) is 11.4 Å². The lowest BCUT2D eigenvalue weighted by atomic mass is 10.1. The van der Waals surface area contributed by atoms with E-state index in [0.29, 0.717) is 29.1 Å². The van der Waals surface area contributed by atoms with Gasteiger partial charge in [0.2, 0.25) is 0 Å². The molecule has 35 heavy (non-hydrogen) atoms. The number of thiophene rings is 1. The number of fused-ring (bicyclic) bond motifs is 1. The molecule has 4 aromatic rings. The van der Waals surface area contributed by atoms with Gasteiger partial charge < -0.3 is 9.47 Å². The van der Waals surface area contributed by atoms with E-state index in [0.717, 1.165) is 16.7 Å². The third-order valence-electron chi connectivity index (χ3n) is 5.39. The number of aromatic nitrogens is 2. The number of halogens is 2. The maximum absolute atomic E-state index is 13.4. The molecule has 0 fully saturated rings. The fourth-order valence-corrected chi connectivity index (χ4v) is 4.82. The number of nitriles is 1. The van der Waals surface area contributed by atoms with Crippen LogP contribution in [-0.2, 0) is 19.6 Å². The lowest BCUT2D eigenvalue weighted by Gasteiger charge is -2.19. The predicted octanol–water partition coefficient (Wildman–Crippen LogP) is 4.89. The smallest absolute Gasteiger partial charge is 0.387 e. The van der Waals surface area contributed by atoms with Crippen LogP contribution in [0.4, 0.5) is 8.78 Å². The second kappa shape index (κ2) is 10.6. The second-order valence-corrected chi connectivity index (χ2v) is 8.67. The van der Waals surface area contributed by atoms with E-state index in [-0.39, 0.29) is 23.6 Å². The fraction of sp³-hybridized carbons (Fsp3) is 0.240. The van der Waals surface area contributed by atoms with Gasteiger partial charge in [-0.05, 0) is 30.3 Å². The summed E-state index contributed by atoms with van der Waals surface area (Å²) in [6.45, 7) is -2.35. The number of ether oxygens (including phenoxy) is 2. The number of benzene rings is 2. The van der Waals surface area contributed by atoms with E-state index >= 15 is 0 Å². The topological polar surface area (TPSA) is 80.4 Å². The minimum Gasteiger partial charge on any atom is -0.493 e. The third kappa shape index (κ3) is 5.31. The largest absolute Gasteiger partial charge is 0.493 e. The van der Waals surface area contributed by atoms with E-state index < -0.39 is 6.61 Å². The number of nitrogens with zero attached hydrogens (tertiary/aromatic N) is 4. The Kier molecular flexibility index (Phi) is 7.39. The first-order chi connectivity index (χ1) is 16.9. The Labute approximate surface area is 204 Å². The number of hydrogen-bond donors (Lipinski definition) is 0. The molecule has 0 N–H and O–H groups in total. The number of alkyl halides is 2. The van der Waals surface area contributed by atoms with E-state index in [1.807, 2.05) is 47.7 Å². The van der Waals surface area contributed by atoms with Crippen molar-refractivity contribution in [2.24, 2.45) is 0 Å². The molecule has 0 aliphatic carbocycles. The lowest BCUT2D eigenvalue weighted by molar-refractivity contribution is -0.0512. The molecule has 0 bridgehead atoms. The Morgan fingerprint density at radius 3 is 2.63 bits per heavy atom. The van der Waals surface area contributed by atoms with Crippen molar-refractivity contribution in [1.82, 2.24) is 14.5 Å². The van der Waals surface area contributed by atoms with Crippen molar-refractivity contribution < 1.29 is 18.3 Å². The van der Waals surface area contributed by atoms with Gasteiger partial charge >= 0.3 is 6.61 Å². The lowest BCUT2D eigenvalue weighted by Crippen LogP contribution is -2.29. The summed E-state index contributed by atoms with van der Waals surface area (Å²) in [5.74, 6) is 0.623. The maximum atomic E-state index is 13.4. The number of rotatable bonds is 9. The standard InChI is InChI=1S/C25H22F2N4O3S/c1-30(13-16-8-9-19(34-25(26)27)20(12-16)33-2)14-21-29-23-22(24(32)31(21)11-10-28)18(15-35-23)17-6-4-3-5-7-17/h3-9,12,15,25H,11,13-14H2,1-2H3. The Hall–Kier alpha value is -3.81. The molecule has 7 nitrogen and oxygen atoms in total. The third-order valence-corrected chi connectivity index (χ3v) is 6.27. The molecule has 2 aromatic heterocycles. The number of hydrogen-bond acceptors (Lipinski definition) is 7. The Morgan fingerprint density at radius 2 is 1.94 bits per heavy atom. The van der Waals surface area contributed by atoms with Crippen LogP contribution in [0.5, 0.6) is 11.5 Å². The van der Waals surface area contributed by atoms with Crippen LogP contribution in [0.25, 0.3) is 21.3 Å². The SMILES string of the molecule is COc1cc(CN(C)Cc2nc3scc(-c4ccccc4)c3c(=O)n2CC#N)ccc1OC(F)F.